The van der Waals surface area contributed by atoms with E-state index in [1.54, 1.807) is 0 Å². The van der Waals surface area contributed by atoms with Crippen LogP contribution in [0.2, 0.25) is 0 Å². The average molecular weight is 189 g/mol. The summed E-state index contributed by atoms with van der Waals surface area (Å²) in [5.74, 6) is 0. The first-order chi connectivity index (χ1) is 6.86. The van der Waals surface area contributed by atoms with Gasteiger partial charge in [-0.25, -0.2) is 0 Å². The molecule has 0 unspecified atom stereocenters. The fraction of sp³-hybridized carbons (Fsp3) is 0.364. The summed E-state index contributed by atoms with van der Waals surface area (Å²) in [6.07, 6.45) is 3.74. The van der Waals surface area contributed by atoms with E-state index in [-0.39, 0.29) is 0 Å². The molecule has 2 heterocycles. The first-order valence-corrected chi connectivity index (χ1v) is 5.01. The molecule has 0 aliphatic carbocycles. The maximum absolute atomic E-state index is 5.59. The quantitative estimate of drug-likeness (QED) is 0.771. The van der Waals surface area contributed by atoms with E-state index in [2.05, 4.69) is 23.0 Å². The normalized spacial score (nSPS) is 11.0. The molecule has 0 radical (unpaired) electrons. The highest BCUT2D eigenvalue weighted by Crippen LogP contribution is 2.20. The highest BCUT2D eigenvalue weighted by molar-refractivity contribution is 5.80. The molecule has 14 heavy (non-hydrogen) atoms. The molecule has 3 nitrogen and oxygen atoms in total. The van der Waals surface area contributed by atoms with Gasteiger partial charge in [0.1, 0.15) is 0 Å². The molecule has 0 amide bonds. The number of aromatic nitrogens is 2. The summed E-state index contributed by atoms with van der Waals surface area (Å²) in [4.78, 5) is 7.76. The lowest BCUT2D eigenvalue weighted by molar-refractivity contribution is 0.934. The predicted molar refractivity (Wildman–Crippen MR) is 58.2 cm³/mol. The van der Waals surface area contributed by atoms with Crippen molar-refractivity contribution in [2.75, 3.05) is 6.54 Å². The van der Waals surface area contributed by atoms with E-state index in [9.17, 15) is 0 Å². The van der Waals surface area contributed by atoms with Crippen LogP contribution in [0.15, 0.2) is 18.3 Å². The van der Waals surface area contributed by atoms with Crippen molar-refractivity contribution < 1.29 is 0 Å². The second-order valence-electron chi connectivity index (χ2n) is 3.37. The zero-order valence-electron chi connectivity index (χ0n) is 8.38. The largest absolute Gasteiger partial charge is 0.357 e. The number of nitrogens with two attached hydrogens (primary N) is 1. The molecule has 74 valence electrons. The van der Waals surface area contributed by atoms with Crippen molar-refractivity contribution in [2.24, 2.45) is 5.73 Å². The van der Waals surface area contributed by atoms with E-state index in [1.807, 2.05) is 12.3 Å². The Morgan fingerprint density at radius 1 is 1.50 bits per heavy atom. The third-order valence-electron chi connectivity index (χ3n) is 2.49. The Balaban J connectivity index is 2.61. The monoisotopic (exact) mass is 189 g/mol. The van der Waals surface area contributed by atoms with Crippen LogP contribution in [0.1, 0.15) is 18.2 Å². The van der Waals surface area contributed by atoms with Gasteiger partial charge in [0.05, 0.1) is 11.0 Å². The Labute approximate surface area is 83.3 Å². The van der Waals surface area contributed by atoms with Crippen LogP contribution >= 0.6 is 0 Å². The lowest BCUT2D eigenvalue weighted by Crippen LogP contribution is -2.04. The molecule has 3 N–H and O–H groups in total. The Bertz CT molecular complexity index is 431. The van der Waals surface area contributed by atoms with Gasteiger partial charge >= 0.3 is 0 Å². The van der Waals surface area contributed by atoms with Crippen LogP contribution in [0.25, 0.3) is 11.0 Å². The third kappa shape index (κ3) is 1.40. The minimum atomic E-state index is 0.677. The van der Waals surface area contributed by atoms with Crippen LogP contribution < -0.4 is 5.73 Å². The van der Waals surface area contributed by atoms with E-state index >= 15 is 0 Å². The minimum absolute atomic E-state index is 0.677. The van der Waals surface area contributed by atoms with Crippen LogP contribution in [0.3, 0.4) is 0 Å². The van der Waals surface area contributed by atoms with E-state index in [1.165, 1.54) is 11.3 Å². The lowest BCUT2D eigenvalue weighted by Gasteiger charge is -1.98. The van der Waals surface area contributed by atoms with Crippen molar-refractivity contribution in [3.05, 3.63) is 29.6 Å². The third-order valence-corrected chi connectivity index (χ3v) is 2.49. The molecular weight excluding hydrogens is 174 g/mol. The van der Waals surface area contributed by atoms with Crippen molar-refractivity contribution >= 4 is 11.0 Å². The summed E-state index contributed by atoms with van der Waals surface area (Å²) in [6.45, 7) is 2.82. The van der Waals surface area contributed by atoms with Crippen LogP contribution in [-0.2, 0) is 12.8 Å². The van der Waals surface area contributed by atoms with Gasteiger partial charge in [-0.15, -0.1) is 0 Å². The molecule has 0 aliphatic heterocycles. The summed E-state index contributed by atoms with van der Waals surface area (Å²) in [5, 5.41) is 0. The Kier molecular flexibility index (Phi) is 2.50. The summed E-state index contributed by atoms with van der Waals surface area (Å²) in [6, 6.07) is 4.01. The molecule has 0 spiro atoms. The number of nitrogens with zero attached hydrogens (tertiary/aromatic N) is 1. The number of rotatable bonds is 3. The number of aryl methyl sites for hydroxylation is 1. The van der Waals surface area contributed by atoms with Crippen molar-refractivity contribution in [1.82, 2.24) is 9.97 Å². The van der Waals surface area contributed by atoms with E-state index in [0.717, 1.165) is 23.9 Å². The smallest absolute Gasteiger partial charge is 0.0914 e. The number of aromatic amines is 1. The molecular formula is C11H15N3. The molecule has 0 aromatic carbocycles. The van der Waals surface area contributed by atoms with E-state index < -0.39 is 0 Å². The topological polar surface area (TPSA) is 54.7 Å². The van der Waals surface area contributed by atoms with Crippen molar-refractivity contribution in [3.8, 4) is 0 Å². The number of H-pyrrole nitrogens is 1. The number of hydrogen-bond donors (Lipinski definition) is 2. The first-order valence-electron chi connectivity index (χ1n) is 5.01. The Hall–Kier alpha value is -1.35. The summed E-state index contributed by atoms with van der Waals surface area (Å²) < 4.78 is 0. The van der Waals surface area contributed by atoms with Gasteiger partial charge in [0, 0.05) is 17.5 Å². The second-order valence-corrected chi connectivity index (χ2v) is 3.37. The van der Waals surface area contributed by atoms with Crippen molar-refractivity contribution in [1.29, 1.82) is 0 Å². The lowest BCUT2D eigenvalue weighted by atomic mass is 10.1. The summed E-state index contributed by atoms with van der Waals surface area (Å²) >= 11 is 0. The van der Waals surface area contributed by atoms with Crippen molar-refractivity contribution in [3.63, 3.8) is 0 Å². The van der Waals surface area contributed by atoms with Gasteiger partial charge in [-0.1, -0.05) is 6.92 Å². The van der Waals surface area contributed by atoms with Crippen LogP contribution in [0, 0.1) is 0 Å². The number of hydrogen-bond acceptors (Lipinski definition) is 2. The highest BCUT2D eigenvalue weighted by Gasteiger charge is 2.09. The standard InChI is InChI=1S/C11H15N3/c1-2-9-8(5-6-12)11-10(14-9)4-3-7-13-11/h3-4,7,14H,2,5-6,12H2,1H3. The predicted octanol–water partition coefficient (Wildman–Crippen LogP) is 1.63. The maximum Gasteiger partial charge on any atom is 0.0914 e. The molecule has 0 atom stereocenters. The van der Waals surface area contributed by atoms with Gasteiger partial charge in [0.15, 0.2) is 0 Å². The Morgan fingerprint density at radius 2 is 2.36 bits per heavy atom. The molecule has 2 aromatic heterocycles. The molecule has 0 bridgehead atoms. The van der Waals surface area contributed by atoms with Gasteiger partial charge in [0.25, 0.3) is 0 Å². The Morgan fingerprint density at radius 3 is 3.07 bits per heavy atom. The maximum atomic E-state index is 5.59. The number of nitrogens with one attached hydrogen (secondary N) is 1. The van der Waals surface area contributed by atoms with Gasteiger partial charge in [-0.05, 0) is 31.5 Å². The van der Waals surface area contributed by atoms with Gasteiger partial charge in [-0.3, -0.25) is 4.98 Å². The molecule has 2 rings (SSSR count). The van der Waals surface area contributed by atoms with Gasteiger partial charge in [0.2, 0.25) is 0 Å². The average Bonchev–Trinajstić information content (AvgIpc) is 2.58. The first kappa shape index (κ1) is 9.21. The fourth-order valence-electron chi connectivity index (χ4n) is 1.84. The zero-order chi connectivity index (χ0) is 9.97. The fourth-order valence-corrected chi connectivity index (χ4v) is 1.84. The zero-order valence-corrected chi connectivity index (χ0v) is 8.38. The molecule has 3 heteroatoms. The number of fused-ring (bicyclic) bond motifs is 1. The molecule has 0 fully saturated rings. The molecule has 0 saturated carbocycles. The van der Waals surface area contributed by atoms with E-state index in [4.69, 9.17) is 5.73 Å². The van der Waals surface area contributed by atoms with Gasteiger partial charge < -0.3 is 10.7 Å². The highest BCUT2D eigenvalue weighted by atomic mass is 14.8. The molecule has 0 saturated heterocycles. The SMILES string of the molecule is CCc1[nH]c2cccnc2c1CCN. The van der Waals surface area contributed by atoms with E-state index in [0.29, 0.717) is 6.54 Å². The minimum Gasteiger partial charge on any atom is -0.357 e. The van der Waals surface area contributed by atoms with Crippen molar-refractivity contribution in [2.45, 2.75) is 19.8 Å². The van der Waals surface area contributed by atoms with Crippen LogP contribution in [-0.4, -0.2) is 16.5 Å². The summed E-state index contributed by atoms with van der Waals surface area (Å²) in [7, 11) is 0. The van der Waals surface area contributed by atoms with Crippen LogP contribution in [0.5, 0.6) is 0 Å². The summed E-state index contributed by atoms with van der Waals surface area (Å²) in [5.41, 5.74) is 10.3. The number of pyridine rings is 1. The second kappa shape index (κ2) is 3.80. The van der Waals surface area contributed by atoms with Crippen LogP contribution in [0.4, 0.5) is 0 Å². The molecule has 2 aromatic rings. The molecule has 0 aliphatic rings. The van der Waals surface area contributed by atoms with Gasteiger partial charge in [-0.2, -0.15) is 0 Å².